The Kier molecular flexibility index (Phi) is 6.73. The van der Waals surface area contributed by atoms with Gasteiger partial charge in [-0.15, -0.1) is 0 Å². The van der Waals surface area contributed by atoms with Crippen LogP contribution in [0.2, 0.25) is 0 Å². The fourth-order valence-corrected chi connectivity index (χ4v) is 3.01. The third kappa shape index (κ3) is 5.44. The number of nitrogens with one attached hydrogen (secondary N) is 2. The summed E-state index contributed by atoms with van der Waals surface area (Å²) in [5.74, 6) is 1.28. The van der Waals surface area contributed by atoms with E-state index < -0.39 is 4.92 Å². The van der Waals surface area contributed by atoms with Crippen LogP contribution in [0.5, 0.6) is 0 Å². The Balaban J connectivity index is 1.86. The van der Waals surface area contributed by atoms with Crippen molar-refractivity contribution < 1.29 is 9.72 Å². The maximum Gasteiger partial charge on any atom is 0.269 e. The maximum absolute atomic E-state index is 11.5. The molecule has 1 heterocycles. The zero-order valence-electron chi connectivity index (χ0n) is 14.7. The molecule has 8 nitrogen and oxygen atoms in total. The van der Waals surface area contributed by atoms with Crippen molar-refractivity contribution in [2.24, 2.45) is 10.9 Å². The summed E-state index contributed by atoms with van der Waals surface area (Å²) in [4.78, 5) is 28.4. The van der Waals surface area contributed by atoms with Crippen molar-refractivity contribution in [2.75, 3.05) is 27.2 Å². The predicted molar refractivity (Wildman–Crippen MR) is 96.3 cm³/mol. The van der Waals surface area contributed by atoms with E-state index in [9.17, 15) is 14.9 Å². The van der Waals surface area contributed by atoms with Crippen molar-refractivity contribution >= 4 is 17.6 Å². The SMILES string of the molecule is CN=C(NCc1cccc([N+](=O)[O-])c1)N1CCC(CC(=O)NC)CC1. The molecule has 1 saturated heterocycles. The molecule has 1 aliphatic heterocycles. The molecule has 0 aromatic heterocycles. The number of piperidine rings is 1. The van der Waals surface area contributed by atoms with E-state index in [1.807, 2.05) is 6.07 Å². The molecule has 0 radical (unpaired) electrons. The third-order valence-electron chi connectivity index (χ3n) is 4.45. The summed E-state index contributed by atoms with van der Waals surface area (Å²) in [5, 5.41) is 16.8. The van der Waals surface area contributed by atoms with Gasteiger partial charge in [-0.1, -0.05) is 12.1 Å². The molecule has 2 rings (SSSR count). The number of benzene rings is 1. The van der Waals surface area contributed by atoms with Gasteiger partial charge < -0.3 is 15.5 Å². The summed E-state index contributed by atoms with van der Waals surface area (Å²) in [6, 6.07) is 6.58. The fraction of sp³-hybridized carbons (Fsp3) is 0.529. The lowest BCUT2D eigenvalue weighted by Crippen LogP contribution is -2.45. The second-order valence-corrected chi connectivity index (χ2v) is 6.14. The number of aliphatic imine (C=N–C) groups is 1. The summed E-state index contributed by atoms with van der Waals surface area (Å²) in [5.41, 5.74) is 0.925. The van der Waals surface area contributed by atoms with Crippen molar-refractivity contribution in [1.29, 1.82) is 0 Å². The number of amides is 1. The molecule has 0 saturated carbocycles. The molecule has 1 aromatic rings. The molecule has 0 unspecified atom stereocenters. The van der Waals surface area contributed by atoms with Gasteiger partial charge in [0.05, 0.1) is 4.92 Å². The van der Waals surface area contributed by atoms with E-state index >= 15 is 0 Å². The summed E-state index contributed by atoms with van der Waals surface area (Å²) >= 11 is 0. The first-order valence-electron chi connectivity index (χ1n) is 8.43. The summed E-state index contributed by atoms with van der Waals surface area (Å²) in [7, 11) is 3.39. The van der Waals surface area contributed by atoms with Crippen molar-refractivity contribution in [3.05, 3.63) is 39.9 Å². The van der Waals surface area contributed by atoms with E-state index in [2.05, 4.69) is 20.5 Å². The first kappa shape index (κ1) is 18.7. The second kappa shape index (κ2) is 9.00. The number of nitro groups is 1. The highest BCUT2D eigenvalue weighted by atomic mass is 16.6. The first-order chi connectivity index (χ1) is 12.0. The van der Waals surface area contributed by atoms with Gasteiger partial charge >= 0.3 is 0 Å². The van der Waals surface area contributed by atoms with E-state index in [4.69, 9.17) is 0 Å². The molecule has 2 N–H and O–H groups in total. The smallest absolute Gasteiger partial charge is 0.269 e. The molecular weight excluding hydrogens is 322 g/mol. The lowest BCUT2D eigenvalue weighted by molar-refractivity contribution is -0.384. The minimum absolute atomic E-state index is 0.0873. The van der Waals surface area contributed by atoms with Crippen LogP contribution >= 0.6 is 0 Å². The maximum atomic E-state index is 11.5. The van der Waals surface area contributed by atoms with Crippen LogP contribution < -0.4 is 10.6 Å². The van der Waals surface area contributed by atoms with Crippen LogP contribution in [0, 0.1) is 16.0 Å². The number of nitro benzene ring substituents is 1. The molecule has 1 amide bonds. The minimum Gasteiger partial charge on any atom is -0.359 e. The average Bonchev–Trinajstić information content (AvgIpc) is 2.63. The number of carbonyl (C=O) groups excluding carboxylic acids is 1. The van der Waals surface area contributed by atoms with E-state index in [-0.39, 0.29) is 11.6 Å². The van der Waals surface area contributed by atoms with Crippen molar-refractivity contribution in [3.8, 4) is 0 Å². The minimum atomic E-state index is -0.393. The molecular formula is C17H25N5O3. The van der Waals surface area contributed by atoms with Crippen LogP contribution in [0.15, 0.2) is 29.3 Å². The molecule has 0 atom stereocenters. The van der Waals surface area contributed by atoms with Crippen LogP contribution in [0.4, 0.5) is 5.69 Å². The van der Waals surface area contributed by atoms with Gasteiger partial charge in [0.15, 0.2) is 5.96 Å². The van der Waals surface area contributed by atoms with Crippen LogP contribution in [0.1, 0.15) is 24.8 Å². The largest absolute Gasteiger partial charge is 0.359 e. The number of carbonyl (C=O) groups is 1. The quantitative estimate of drug-likeness (QED) is 0.364. The summed E-state index contributed by atoms with van der Waals surface area (Å²) < 4.78 is 0. The fourth-order valence-electron chi connectivity index (χ4n) is 3.01. The highest BCUT2D eigenvalue weighted by Crippen LogP contribution is 2.20. The molecule has 1 aromatic carbocycles. The Labute approximate surface area is 147 Å². The molecule has 0 aliphatic carbocycles. The number of non-ortho nitro benzene ring substituents is 1. The predicted octanol–water partition coefficient (Wildman–Crippen LogP) is 1.52. The van der Waals surface area contributed by atoms with E-state index in [1.54, 1.807) is 26.2 Å². The van der Waals surface area contributed by atoms with Gasteiger partial charge in [-0.05, 0) is 24.3 Å². The lowest BCUT2D eigenvalue weighted by atomic mass is 9.93. The van der Waals surface area contributed by atoms with Gasteiger partial charge in [-0.2, -0.15) is 0 Å². The normalized spacial score (nSPS) is 15.8. The van der Waals surface area contributed by atoms with E-state index in [0.29, 0.717) is 18.9 Å². The van der Waals surface area contributed by atoms with Gasteiger partial charge in [0.1, 0.15) is 0 Å². The van der Waals surface area contributed by atoms with Gasteiger partial charge in [0, 0.05) is 52.3 Å². The standard InChI is InChI=1S/C17H25N5O3/c1-18-16(23)11-13-6-8-21(9-7-13)17(19-2)20-12-14-4-3-5-15(10-14)22(24)25/h3-5,10,13H,6-9,11-12H2,1-2H3,(H,18,23)(H,19,20). The average molecular weight is 347 g/mol. The number of hydrogen-bond acceptors (Lipinski definition) is 4. The van der Waals surface area contributed by atoms with Gasteiger partial charge in [0.2, 0.25) is 5.91 Å². The second-order valence-electron chi connectivity index (χ2n) is 6.14. The summed E-state index contributed by atoms with van der Waals surface area (Å²) in [6.45, 7) is 2.17. The zero-order valence-corrected chi connectivity index (χ0v) is 14.7. The summed E-state index contributed by atoms with van der Waals surface area (Å²) in [6.07, 6.45) is 2.47. The number of likely N-dealkylation sites (tertiary alicyclic amines) is 1. The number of nitrogens with zero attached hydrogens (tertiary/aromatic N) is 3. The van der Waals surface area contributed by atoms with Crippen LogP contribution in [0.25, 0.3) is 0 Å². The lowest BCUT2D eigenvalue weighted by Gasteiger charge is -2.34. The Bertz CT molecular complexity index is 639. The highest BCUT2D eigenvalue weighted by molar-refractivity contribution is 5.80. The monoisotopic (exact) mass is 347 g/mol. The van der Waals surface area contributed by atoms with Gasteiger partial charge in [-0.3, -0.25) is 19.9 Å². The number of hydrogen-bond donors (Lipinski definition) is 2. The van der Waals surface area contributed by atoms with Crippen LogP contribution in [-0.4, -0.2) is 48.9 Å². The van der Waals surface area contributed by atoms with Crippen molar-refractivity contribution in [2.45, 2.75) is 25.8 Å². The highest BCUT2D eigenvalue weighted by Gasteiger charge is 2.23. The van der Waals surface area contributed by atoms with Gasteiger partial charge in [0.25, 0.3) is 5.69 Å². The molecule has 1 aliphatic rings. The molecule has 0 spiro atoms. The molecule has 25 heavy (non-hydrogen) atoms. The van der Waals surface area contributed by atoms with Crippen molar-refractivity contribution in [1.82, 2.24) is 15.5 Å². The van der Waals surface area contributed by atoms with E-state index in [0.717, 1.165) is 37.5 Å². The first-order valence-corrected chi connectivity index (χ1v) is 8.43. The molecule has 1 fully saturated rings. The Hall–Kier alpha value is -2.64. The number of guanidine groups is 1. The van der Waals surface area contributed by atoms with Gasteiger partial charge in [-0.25, -0.2) is 0 Å². The Morgan fingerprint density at radius 2 is 2.12 bits per heavy atom. The Morgan fingerprint density at radius 1 is 1.40 bits per heavy atom. The third-order valence-corrected chi connectivity index (χ3v) is 4.45. The number of rotatable bonds is 5. The topological polar surface area (TPSA) is 99.9 Å². The molecule has 8 heteroatoms. The van der Waals surface area contributed by atoms with Crippen LogP contribution in [0.3, 0.4) is 0 Å². The van der Waals surface area contributed by atoms with Crippen LogP contribution in [-0.2, 0) is 11.3 Å². The van der Waals surface area contributed by atoms with Crippen molar-refractivity contribution in [3.63, 3.8) is 0 Å². The molecule has 136 valence electrons. The van der Waals surface area contributed by atoms with E-state index in [1.165, 1.54) is 6.07 Å². The zero-order chi connectivity index (χ0) is 18.2. The molecule has 0 bridgehead atoms. The Morgan fingerprint density at radius 3 is 2.72 bits per heavy atom.